The van der Waals surface area contributed by atoms with Crippen LogP contribution in [0.3, 0.4) is 0 Å². The van der Waals surface area contributed by atoms with Gasteiger partial charge in [-0.15, -0.1) is 0 Å². The van der Waals surface area contributed by atoms with Crippen molar-refractivity contribution in [3.8, 4) is 0 Å². The number of hydrogen-bond donors (Lipinski definition) is 0. The monoisotopic (exact) mass is 367 g/mol. The van der Waals surface area contributed by atoms with Crippen molar-refractivity contribution in [2.24, 2.45) is 4.99 Å². The molecule has 0 saturated heterocycles. The normalized spacial score (nSPS) is 15.5. The predicted octanol–water partition coefficient (Wildman–Crippen LogP) is 5.34. The third-order valence-corrected chi connectivity index (χ3v) is 5.35. The van der Waals surface area contributed by atoms with E-state index in [-0.39, 0.29) is 5.82 Å². The first-order chi connectivity index (χ1) is 13.7. The average Bonchev–Trinajstić information content (AvgIpc) is 3.33. The van der Waals surface area contributed by atoms with E-state index >= 15 is 0 Å². The Bertz CT molecular complexity index is 1160. The van der Waals surface area contributed by atoms with Crippen LogP contribution in [0.5, 0.6) is 0 Å². The quantitative estimate of drug-likeness (QED) is 0.627. The van der Waals surface area contributed by atoms with Crippen molar-refractivity contribution in [3.63, 3.8) is 0 Å². The van der Waals surface area contributed by atoms with Crippen LogP contribution >= 0.6 is 0 Å². The van der Waals surface area contributed by atoms with Crippen LogP contribution in [0, 0.1) is 5.82 Å². The van der Waals surface area contributed by atoms with E-state index in [2.05, 4.69) is 24.1 Å². The van der Waals surface area contributed by atoms with E-state index in [0.29, 0.717) is 6.42 Å². The van der Waals surface area contributed by atoms with E-state index < -0.39 is 0 Å². The van der Waals surface area contributed by atoms with Crippen molar-refractivity contribution in [2.75, 3.05) is 0 Å². The molecule has 2 aliphatic rings. The largest absolute Gasteiger partial charge is 0.265 e. The minimum atomic E-state index is -0.241. The molecular weight excluding hydrogens is 349 g/mol. The summed E-state index contributed by atoms with van der Waals surface area (Å²) in [7, 11) is 0. The van der Waals surface area contributed by atoms with Crippen molar-refractivity contribution < 1.29 is 4.39 Å². The molecule has 1 aliphatic carbocycles. The summed E-state index contributed by atoms with van der Waals surface area (Å²) in [6, 6.07) is 12.7. The maximum absolute atomic E-state index is 13.3. The van der Waals surface area contributed by atoms with E-state index in [1.54, 1.807) is 24.5 Å². The summed E-state index contributed by atoms with van der Waals surface area (Å²) in [5, 5.41) is 0. The van der Waals surface area contributed by atoms with E-state index in [9.17, 15) is 4.39 Å². The van der Waals surface area contributed by atoms with Gasteiger partial charge in [-0.1, -0.05) is 18.2 Å². The fourth-order valence-electron chi connectivity index (χ4n) is 3.81. The van der Waals surface area contributed by atoms with E-state index in [1.807, 2.05) is 18.3 Å². The van der Waals surface area contributed by atoms with Gasteiger partial charge < -0.3 is 0 Å². The Morgan fingerprint density at radius 2 is 1.71 bits per heavy atom. The minimum Gasteiger partial charge on any atom is -0.265 e. The summed E-state index contributed by atoms with van der Waals surface area (Å²) in [4.78, 5) is 13.8. The highest BCUT2D eigenvalue weighted by Crippen LogP contribution is 2.38. The Labute approximate surface area is 163 Å². The van der Waals surface area contributed by atoms with Gasteiger partial charge >= 0.3 is 0 Å². The topological polar surface area (TPSA) is 38.1 Å². The van der Waals surface area contributed by atoms with Crippen LogP contribution < -0.4 is 0 Å². The van der Waals surface area contributed by atoms with E-state index in [0.717, 1.165) is 45.8 Å². The van der Waals surface area contributed by atoms with Gasteiger partial charge in [-0.3, -0.25) is 15.0 Å². The summed E-state index contributed by atoms with van der Waals surface area (Å²) in [5.41, 5.74) is 9.68. The third kappa shape index (κ3) is 2.87. The second-order valence-corrected chi connectivity index (χ2v) is 7.11. The maximum Gasteiger partial charge on any atom is 0.123 e. The number of allylic oxidation sites excluding steroid dienone is 3. The molecule has 3 nitrogen and oxygen atoms in total. The number of benzene rings is 1. The first-order valence-electron chi connectivity index (χ1n) is 9.32. The second kappa shape index (κ2) is 6.64. The molecule has 0 spiro atoms. The summed E-state index contributed by atoms with van der Waals surface area (Å²) in [6.45, 7) is 2.13. The van der Waals surface area contributed by atoms with Crippen LogP contribution in [-0.2, 0) is 6.42 Å². The molecule has 28 heavy (non-hydrogen) atoms. The lowest BCUT2D eigenvalue weighted by Gasteiger charge is -2.09. The van der Waals surface area contributed by atoms with Crippen LogP contribution in [0.4, 0.5) is 4.39 Å². The number of pyridine rings is 2. The zero-order valence-corrected chi connectivity index (χ0v) is 15.5. The molecule has 4 heteroatoms. The van der Waals surface area contributed by atoms with Crippen LogP contribution in [0.25, 0.3) is 16.8 Å². The number of rotatable bonds is 3. The van der Waals surface area contributed by atoms with E-state index in [4.69, 9.17) is 9.98 Å². The van der Waals surface area contributed by atoms with Crippen molar-refractivity contribution >= 4 is 22.6 Å². The standard InChI is InChI=1S/C24H18FN3/c1-15-2-7-22-20(15)12-18(14-27-22)21-13-23(16-3-5-19(25)6-4-16)28-24(21)17-8-10-26-11-9-17/h2-6,8-12,14H,7,13H2,1H3. The van der Waals surface area contributed by atoms with Gasteiger partial charge in [0, 0.05) is 37.0 Å². The Morgan fingerprint density at radius 3 is 2.50 bits per heavy atom. The van der Waals surface area contributed by atoms with Gasteiger partial charge in [0.1, 0.15) is 5.82 Å². The average molecular weight is 367 g/mol. The molecule has 1 aliphatic heterocycles. The molecule has 3 heterocycles. The van der Waals surface area contributed by atoms with Gasteiger partial charge in [0.2, 0.25) is 0 Å². The molecule has 2 aromatic heterocycles. The lowest BCUT2D eigenvalue weighted by atomic mass is 9.95. The Balaban J connectivity index is 1.62. The van der Waals surface area contributed by atoms with Gasteiger partial charge in [-0.25, -0.2) is 4.39 Å². The van der Waals surface area contributed by atoms with Crippen molar-refractivity contribution in [1.82, 2.24) is 9.97 Å². The summed E-state index contributed by atoms with van der Waals surface area (Å²) in [6.07, 6.45) is 9.31. The van der Waals surface area contributed by atoms with Crippen molar-refractivity contribution in [1.29, 1.82) is 0 Å². The van der Waals surface area contributed by atoms with Gasteiger partial charge in [-0.2, -0.15) is 0 Å². The molecule has 3 aromatic rings. The lowest BCUT2D eigenvalue weighted by molar-refractivity contribution is 0.628. The number of aliphatic imine (C=N–C) groups is 1. The van der Waals surface area contributed by atoms with Gasteiger partial charge in [0.25, 0.3) is 0 Å². The molecule has 0 atom stereocenters. The highest BCUT2D eigenvalue weighted by Gasteiger charge is 2.23. The number of fused-ring (bicyclic) bond motifs is 1. The Morgan fingerprint density at radius 1 is 0.929 bits per heavy atom. The summed E-state index contributed by atoms with van der Waals surface area (Å²) >= 11 is 0. The SMILES string of the molecule is CC1=CCc2ncc(C3=C(c4ccncc4)N=C(c4ccc(F)cc4)C3)cc21. The highest BCUT2D eigenvalue weighted by atomic mass is 19.1. The Hall–Kier alpha value is -3.40. The summed E-state index contributed by atoms with van der Waals surface area (Å²) < 4.78 is 13.3. The van der Waals surface area contributed by atoms with Crippen molar-refractivity contribution in [3.05, 3.63) is 101 Å². The summed E-state index contributed by atoms with van der Waals surface area (Å²) in [5.74, 6) is -0.241. The molecule has 0 bridgehead atoms. The van der Waals surface area contributed by atoms with Crippen LogP contribution in [0.2, 0.25) is 0 Å². The molecule has 0 saturated carbocycles. The molecule has 0 N–H and O–H groups in total. The zero-order valence-electron chi connectivity index (χ0n) is 15.5. The van der Waals surface area contributed by atoms with Gasteiger partial charge in [0.05, 0.1) is 17.1 Å². The first kappa shape index (κ1) is 16.8. The smallest absolute Gasteiger partial charge is 0.123 e. The predicted molar refractivity (Wildman–Crippen MR) is 110 cm³/mol. The van der Waals surface area contributed by atoms with Crippen LogP contribution in [0.1, 0.15) is 41.3 Å². The van der Waals surface area contributed by atoms with Gasteiger partial charge in [0.15, 0.2) is 0 Å². The first-order valence-corrected chi connectivity index (χ1v) is 9.32. The molecule has 0 radical (unpaired) electrons. The molecule has 5 rings (SSSR count). The second-order valence-electron chi connectivity index (χ2n) is 7.11. The molecule has 0 amide bonds. The zero-order chi connectivity index (χ0) is 19.1. The minimum absolute atomic E-state index is 0.241. The number of nitrogens with zero attached hydrogens (tertiary/aromatic N) is 3. The fraction of sp³-hybridized carbons (Fsp3) is 0.125. The Kier molecular flexibility index (Phi) is 3.97. The molecule has 0 unspecified atom stereocenters. The van der Waals surface area contributed by atoms with Gasteiger partial charge in [-0.05, 0) is 65.1 Å². The number of aromatic nitrogens is 2. The van der Waals surface area contributed by atoms with E-state index in [1.165, 1.54) is 23.3 Å². The highest BCUT2D eigenvalue weighted by molar-refractivity contribution is 6.16. The van der Waals surface area contributed by atoms with Crippen molar-refractivity contribution in [2.45, 2.75) is 19.8 Å². The number of hydrogen-bond acceptors (Lipinski definition) is 3. The fourth-order valence-corrected chi connectivity index (χ4v) is 3.81. The molecular formula is C24H18FN3. The number of halogens is 1. The van der Waals surface area contributed by atoms with Crippen LogP contribution in [-0.4, -0.2) is 15.7 Å². The van der Waals surface area contributed by atoms with Crippen LogP contribution in [0.15, 0.2) is 72.1 Å². The molecule has 1 aromatic carbocycles. The molecule has 136 valence electrons. The third-order valence-electron chi connectivity index (χ3n) is 5.35. The lowest BCUT2D eigenvalue weighted by Crippen LogP contribution is -1.99. The maximum atomic E-state index is 13.3. The molecule has 0 fully saturated rings.